The third kappa shape index (κ3) is 3.66. The normalized spacial score (nSPS) is 11.7. The standard InChI is InChI=1S/C13H17N3O3S/c1-16-9-7-12(15-16)6-8-14-20(18,19)13-4-2-11(10-17)3-5-13/h2-5,7,9,14,17H,6,8,10H2,1H3. The van der Waals surface area contributed by atoms with Crippen molar-refractivity contribution in [2.24, 2.45) is 7.05 Å². The minimum Gasteiger partial charge on any atom is -0.392 e. The van der Waals surface area contributed by atoms with Gasteiger partial charge in [0.2, 0.25) is 10.0 Å². The Morgan fingerprint density at radius 2 is 1.95 bits per heavy atom. The lowest BCUT2D eigenvalue weighted by molar-refractivity contribution is 0.282. The molecular formula is C13H17N3O3S. The number of nitrogens with one attached hydrogen (secondary N) is 1. The molecule has 0 aliphatic rings. The van der Waals surface area contributed by atoms with E-state index in [1.807, 2.05) is 19.3 Å². The molecule has 20 heavy (non-hydrogen) atoms. The van der Waals surface area contributed by atoms with Gasteiger partial charge in [0, 0.05) is 26.2 Å². The lowest BCUT2D eigenvalue weighted by atomic mass is 10.2. The van der Waals surface area contributed by atoms with Gasteiger partial charge in [-0.2, -0.15) is 5.10 Å². The van der Waals surface area contributed by atoms with Crippen LogP contribution < -0.4 is 4.72 Å². The Labute approximate surface area is 118 Å². The quantitative estimate of drug-likeness (QED) is 0.809. The Morgan fingerprint density at radius 1 is 1.25 bits per heavy atom. The van der Waals surface area contributed by atoms with Crippen molar-refractivity contribution in [2.75, 3.05) is 6.54 Å². The van der Waals surface area contributed by atoms with E-state index in [1.54, 1.807) is 16.8 Å². The molecule has 0 saturated carbocycles. The highest BCUT2D eigenvalue weighted by Gasteiger charge is 2.13. The molecule has 2 N–H and O–H groups in total. The summed E-state index contributed by atoms with van der Waals surface area (Å²) in [6.07, 6.45) is 2.35. The Kier molecular flexibility index (Phi) is 4.53. The van der Waals surface area contributed by atoms with Crippen molar-refractivity contribution < 1.29 is 13.5 Å². The molecule has 0 spiro atoms. The second-order valence-electron chi connectivity index (χ2n) is 4.43. The molecule has 2 aromatic rings. The van der Waals surface area contributed by atoms with Crippen molar-refractivity contribution in [2.45, 2.75) is 17.9 Å². The Morgan fingerprint density at radius 3 is 2.50 bits per heavy atom. The molecule has 0 saturated heterocycles. The van der Waals surface area contributed by atoms with Crippen LogP contribution in [-0.2, 0) is 30.1 Å². The first-order valence-electron chi connectivity index (χ1n) is 6.19. The lowest BCUT2D eigenvalue weighted by Crippen LogP contribution is -2.26. The van der Waals surface area contributed by atoms with Crippen molar-refractivity contribution in [3.05, 3.63) is 47.8 Å². The summed E-state index contributed by atoms with van der Waals surface area (Å²) in [7, 11) is -1.70. The average Bonchev–Trinajstić information content (AvgIpc) is 2.84. The molecule has 0 radical (unpaired) electrons. The minimum absolute atomic E-state index is 0.104. The number of aromatic nitrogens is 2. The highest BCUT2D eigenvalue weighted by molar-refractivity contribution is 7.89. The Hall–Kier alpha value is -1.70. The molecule has 0 atom stereocenters. The third-order valence-corrected chi connectivity index (χ3v) is 4.34. The number of sulfonamides is 1. The van der Waals surface area contributed by atoms with Crippen LogP contribution in [0.25, 0.3) is 0 Å². The molecule has 7 heteroatoms. The fourth-order valence-electron chi connectivity index (χ4n) is 1.77. The second-order valence-corrected chi connectivity index (χ2v) is 6.20. The minimum atomic E-state index is -3.51. The summed E-state index contributed by atoms with van der Waals surface area (Å²) in [4.78, 5) is 0.190. The van der Waals surface area contributed by atoms with E-state index in [2.05, 4.69) is 9.82 Å². The van der Waals surface area contributed by atoms with Gasteiger partial charge in [-0.1, -0.05) is 12.1 Å². The Balaban J connectivity index is 1.96. The van der Waals surface area contributed by atoms with Gasteiger partial charge < -0.3 is 5.11 Å². The fraction of sp³-hybridized carbons (Fsp3) is 0.308. The fourth-order valence-corrected chi connectivity index (χ4v) is 2.80. The van der Waals surface area contributed by atoms with E-state index in [1.165, 1.54) is 12.1 Å². The number of aliphatic hydroxyl groups excluding tert-OH is 1. The predicted octanol–water partition coefficient (Wildman–Crippen LogP) is 0.433. The number of aryl methyl sites for hydroxylation is 1. The van der Waals surface area contributed by atoms with Gasteiger partial charge in [0.25, 0.3) is 0 Å². The summed E-state index contributed by atoms with van der Waals surface area (Å²) < 4.78 is 28.3. The summed E-state index contributed by atoms with van der Waals surface area (Å²) in [5.41, 5.74) is 1.52. The number of nitrogens with zero attached hydrogens (tertiary/aromatic N) is 2. The summed E-state index contributed by atoms with van der Waals surface area (Å²) in [5.74, 6) is 0. The number of hydrogen-bond acceptors (Lipinski definition) is 4. The van der Waals surface area contributed by atoms with E-state index in [9.17, 15) is 8.42 Å². The van der Waals surface area contributed by atoms with Gasteiger partial charge in [-0.05, 0) is 23.8 Å². The maximum atomic E-state index is 12.0. The Bertz CT molecular complexity index is 662. The van der Waals surface area contributed by atoms with Gasteiger partial charge in [-0.15, -0.1) is 0 Å². The van der Waals surface area contributed by atoms with E-state index in [0.29, 0.717) is 18.5 Å². The third-order valence-electron chi connectivity index (χ3n) is 2.86. The summed E-state index contributed by atoms with van der Waals surface area (Å²) in [6.45, 7) is 0.189. The van der Waals surface area contributed by atoms with Crippen LogP contribution in [0.5, 0.6) is 0 Å². The first kappa shape index (κ1) is 14.7. The van der Waals surface area contributed by atoms with Crippen LogP contribution in [0.4, 0.5) is 0 Å². The highest BCUT2D eigenvalue weighted by atomic mass is 32.2. The smallest absolute Gasteiger partial charge is 0.240 e. The zero-order chi connectivity index (χ0) is 14.6. The van der Waals surface area contributed by atoms with Crippen molar-refractivity contribution in [3.63, 3.8) is 0 Å². The van der Waals surface area contributed by atoms with Gasteiger partial charge in [-0.25, -0.2) is 13.1 Å². The van der Waals surface area contributed by atoms with Crippen LogP contribution in [0.3, 0.4) is 0 Å². The molecule has 2 rings (SSSR count). The van der Waals surface area contributed by atoms with Crippen LogP contribution in [0.15, 0.2) is 41.4 Å². The molecule has 0 fully saturated rings. The summed E-state index contributed by atoms with van der Waals surface area (Å²) >= 11 is 0. The molecule has 1 heterocycles. The van der Waals surface area contributed by atoms with Crippen molar-refractivity contribution in [3.8, 4) is 0 Å². The maximum absolute atomic E-state index is 12.0. The first-order chi connectivity index (χ1) is 9.51. The highest BCUT2D eigenvalue weighted by Crippen LogP contribution is 2.10. The molecule has 1 aromatic carbocycles. The number of hydrogen-bond donors (Lipinski definition) is 2. The molecule has 0 amide bonds. The van der Waals surface area contributed by atoms with Crippen LogP contribution >= 0.6 is 0 Å². The zero-order valence-electron chi connectivity index (χ0n) is 11.2. The van der Waals surface area contributed by atoms with Crippen molar-refractivity contribution >= 4 is 10.0 Å². The molecule has 6 nitrogen and oxygen atoms in total. The zero-order valence-corrected chi connectivity index (χ0v) is 12.0. The molecule has 0 aliphatic heterocycles. The van der Waals surface area contributed by atoms with Gasteiger partial charge in [-0.3, -0.25) is 4.68 Å². The molecule has 1 aromatic heterocycles. The van der Waals surface area contributed by atoms with E-state index in [-0.39, 0.29) is 11.5 Å². The molecule has 0 aliphatic carbocycles. The molecule has 0 unspecified atom stereocenters. The monoisotopic (exact) mass is 295 g/mol. The van der Waals surface area contributed by atoms with Crippen LogP contribution in [0, 0.1) is 0 Å². The van der Waals surface area contributed by atoms with E-state index in [0.717, 1.165) is 5.69 Å². The van der Waals surface area contributed by atoms with Crippen molar-refractivity contribution in [1.29, 1.82) is 0 Å². The van der Waals surface area contributed by atoms with Crippen LogP contribution in [0.2, 0.25) is 0 Å². The van der Waals surface area contributed by atoms with Gasteiger partial charge >= 0.3 is 0 Å². The van der Waals surface area contributed by atoms with Crippen LogP contribution in [-0.4, -0.2) is 29.8 Å². The SMILES string of the molecule is Cn1ccc(CCNS(=O)(=O)c2ccc(CO)cc2)n1. The predicted molar refractivity (Wildman–Crippen MR) is 74.5 cm³/mol. The molecule has 0 bridgehead atoms. The summed E-state index contributed by atoms with van der Waals surface area (Å²) in [6, 6.07) is 7.99. The lowest BCUT2D eigenvalue weighted by Gasteiger charge is -2.06. The molecule has 108 valence electrons. The molecular weight excluding hydrogens is 278 g/mol. The van der Waals surface area contributed by atoms with E-state index in [4.69, 9.17) is 5.11 Å². The largest absolute Gasteiger partial charge is 0.392 e. The first-order valence-corrected chi connectivity index (χ1v) is 7.67. The average molecular weight is 295 g/mol. The van der Waals surface area contributed by atoms with Gasteiger partial charge in [0.15, 0.2) is 0 Å². The van der Waals surface area contributed by atoms with Crippen molar-refractivity contribution in [1.82, 2.24) is 14.5 Å². The second kappa shape index (κ2) is 6.17. The van der Waals surface area contributed by atoms with E-state index < -0.39 is 10.0 Å². The summed E-state index contributed by atoms with van der Waals surface area (Å²) in [5, 5.41) is 13.1. The topological polar surface area (TPSA) is 84.2 Å². The number of rotatable bonds is 6. The van der Waals surface area contributed by atoms with Gasteiger partial charge in [0.05, 0.1) is 17.2 Å². The maximum Gasteiger partial charge on any atom is 0.240 e. The number of aliphatic hydroxyl groups is 1. The van der Waals surface area contributed by atoms with Gasteiger partial charge in [0.1, 0.15) is 0 Å². The van der Waals surface area contributed by atoms with E-state index >= 15 is 0 Å². The number of benzene rings is 1. The van der Waals surface area contributed by atoms with Crippen LogP contribution in [0.1, 0.15) is 11.3 Å².